The van der Waals surface area contributed by atoms with Gasteiger partial charge in [-0.3, -0.25) is 4.79 Å². The highest BCUT2D eigenvalue weighted by molar-refractivity contribution is 5.76. The summed E-state index contributed by atoms with van der Waals surface area (Å²) >= 11 is 0. The molecule has 0 aliphatic carbocycles. The molecule has 0 aromatic rings. The Morgan fingerprint density at radius 2 is 0.702 bits per heavy atom. The number of aliphatic hydroxyl groups excluding tert-OH is 11. The first kappa shape index (κ1) is 86.2. The zero-order chi connectivity index (χ0) is 68.2. The molecule has 94 heavy (non-hydrogen) atoms. The molecule has 3 saturated heterocycles. The van der Waals surface area contributed by atoms with Gasteiger partial charge in [-0.2, -0.15) is 0 Å². The van der Waals surface area contributed by atoms with E-state index >= 15 is 0 Å². The molecule has 19 heteroatoms. The SMILES string of the molecule is CCCCCCC/C=C\C/C=C\CCCCCCCCCCCCCCCCCCCCCCCCCCCCCC(=O)NC(COC1OC(CO)C(OC2OC(CO)C(OC3OC(CO)C(O)C(O)C3O)C(O)C2O)C(O)C1O)C(O)/C=C/CCCCCCCCCC. The van der Waals surface area contributed by atoms with Crippen molar-refractivity contribution in [2.24, 2.45) is 0 Å². The molecule has 0 saturated carbocycles. The number of rotatable bonds is 60. The van der Waals surface area contributed by atoms with Crippen LogP contribution in [0.4, 0.5) is 0 Å². The van der Waals surface area contributed by atoms with Gasteiger partial charge in [0.05, 0.1) is 38.6 Å². The molecule has 0 bridgehead atoms. The molecule has 12 N–H and O–H groups in total. The van der Waals surface area contributed by atoms with Gasteiger partial charge in [-0.15, -0.1) is 0 Å². The Kier molecular flexibility index (Phi) is 52.0. The Bertz CT molecular complexity index is 1840. The quantitative estimate of drug-likeness (QED) is 0.0199. The molecule has 17 atom stereocenters. The van der Waals surface area contributed by atoms with Crippen molar-refractivity contribution >= 4 is 5.91 Å². The number of amides is 1. The standard InChI is InChI=1S/C75H139NO18/c1-3-5-7-9-11-13-15-16-17-18-19-20-21-22-23-24-25-26-27-28-29-30-31-32-33-34-35-36-37-38-39-40-41-42-43-45-47-49-51-53-63(81)76-58(59(80)52-50-48-46-44-14-12-10-8-6-4-2)57-89-73-69(87)66(84)71(61(55-78)91-73)94-75-70(88)67(85)72(62(56-79)92-75)93-74-68(86)65(83)64(82)60(54-77)90-74/h15-16,18-19,50,52,58-62,64-75,77-80,82-88H,3-14,17,20-49,51,53-57H2,1-2H3,(H,76,81)/b16-15-,19-18-,52-50+. The summed E-state index contributed by atoms with van der Waals surface area (Å²) in [5, 5.41) is 120. The van der Waals surface area contributed by atoms with Crippen LogP contribution < -0.4 is 5.32 Å². The number of unbranched alkanes of at least 4 members (excludes halogenated alkanes) is 40. The fourth-order valence-electron chi connectivity index (χ4n) is 13.0. The van der Waals surface area contributed by atoms with Crippen molar-refractivity contribution in [3.8, 4) is 0 Å². The lowest BCUT2D eigenvalue weighted by Crippen LogP contribution is -2.66. The van der Waals surface area contributed by atoms with E-state index in [9.17, 15) is 61.0 Å². The van der Waals surface area contributed by atoms with E-state index in [1.54, 1.807) is 6.08 Å². The van der Waals surface area contributed by atoms with Gasteiger partial charge in [0.15, 0.2) is 18.9 Å². The second kappa shape index (κ2) is 56.7. The van der Waals surface area contributed by atoms with Crippen molar-refractivity contribution in [1.82, 2.24) is 5.32 Å². The van der Waals surface area contributed by atoms with Gasteiger partial charge in [-0.1, -0.05) is 281 Å². The van der Waals surface area contributed by atoms with Crippen LogP contribution in [-0.2, 0) is 33.2 Å². The molecule has 1 amide bonds. The second-order valence-electron chi connectivity index (χ2n) is 27.5. The van der Waals surface area contributed by atoms with Crippen LogP contribution in [0.1, 0.15) is 303 Å². The van der Waals surface area contributed by atoms with Crippen molar-refractivity contribution < 1.29 is 89.4 Å². The number of hydrogen-bond donors (Lipinski definition) is 12. The van der Waals surface area contributed by atoms with Gasteiger partial charge >= 0.3 is 0 Å². The maximum absolute atomic E-state index is 13.4. The van der Waals surface area contributed by atoms with Crippen LogP contribution in [0.25, 0.3) is 0 Å². The normalized spacial score (nSPS) is 27.5. The predicted molar refractivity (Wildman–Crippen MR) is 369 cm³/mol. The smallest absolute Gasteiger partial charge is 0.220 e. The molecule has 0 aromatic carbocycles. The number of carbonyl (C=O) groups is 1. The van der Waals surface area contributed by atoms with Crippen LogP contribution in [0.15, 0.2) is 36.5 Å². The monoisotopic (exact) mass is 1340 g/mol. The van der Waals surface area contributed by atoms with E-state index in [1.807, 2.05) is 6.08 Å². The molecule has 0 radical (unpaired) electrons. The summed E-state index contributed by atoms with van der Waals surface area (Å²) in [4.78, 5) is 13.4. The predicted octanol–water partition coefficient (Wildman–Crippen LogP) is 11.6. The van der Waals surface area contributed by atoms with Gasteiger partial charge in [-0.25, -0.2) is 0 Å². The zero-order valence-corrected chi connectivity index (χ0v) is 58.7. The van der Waals surface area contributed by atoms with Crippen molar-refractivity contribution in [2.75, 3.05) is 26.4 Å². The summed E-state index contributed by atoms with van der Waals surface area (Å²) in [6, 6.07) is -0.969. The van der Waals surface area contributed by atoms with Crippen LogP contribution in [0.2, 0.25) is 0 Å². The Morgan fingerprint density at radius 3 is 1.09 bits per heavy atom. The molecule has 3 rings (SSSR count). The molecule has 0 spiro atoms. The first-order chi connectivity index (χ1) is 45.8. The van der Waals surface area contributed by atoms with Crippen LogP contribution in [0.5, 0.6) is 0 Å². The molecule has 3 aliphatic heterocycles. The number of nitrogens with one attached hydrogen (secondary N) is 1. The summed E-state index contributed by atoms with van der Waals surface area (Å²) < 4.78 is 34.3. The fraction of sp³-hybridized carbons (Fsp3) is 0.907. The Morgan fingerprint density at radius 1 is 0.383 bits per heavy atom. The third kappa shape index (κ3) is 37.4. The molecule has 0 aromatic heterocycles. The lowest BCUT2D eigenvalue weighted by Gasteiger charge is -2.48. The topological polar surface area (TPSA) is 307 Å². The maximum atomic E-state index is 13.4. The second-order valence-corrected chi connectivity index (χ2v) is 27.5. The Labute approximate surface area is 568 Å². The fourth-order valence-corrected chi connectivity index (χ4v) is 13.0. The van der Waals surface area contributed by atoms with E-state index in [0.29, 0.717) is 6.42 Å². The molecule has 19 nitrogen and oxygen atoms in total. The van der Waals surface area contributed by atoms with Gasteiger partial charge in [0.25, 0.3) is 0 Å². The maximum Gasteiger partial charge on any atom is 0.220 e. The Hall–Kier alpha value is -1.99. The van der Waals surface area contributed by atoms with Crippen molar-refractivity contribution in [1.29, 1.82) is 0 Å². The summed E-state index contributed by atoms with van der Waals surface area (Å²) in [6.07, 6.45) is 41.9. The third-order valence-corrected chi connectivity index (χ3v) is 19.2. The van der Waals surface area contributed by atoms with Gasteiger partial charge in [0.1, 0.15) is 73.2 Å². The van der Waals surface area contributed by atoms with E-state index in [-0.39, 0.29) is 18.9 Å². The summed E-state index contributed by atoms with van der Waals surface area (Å²) in [7, 11) is 0. The highest BCUT2D eigenvalue weighted by Gasteiger charge is 2.53. The lowest BCUT2D eigenvalue weighted by molar-refractivity contribution is -0.379. The van der Waals surface area contributed by atoms with Crippen molar-refractivity contribution in [3.05, 3.63) is 36.5 Å². The number of aliphatic hydroxyl groups is 11. The number of allylic oxidation sites excluding steroid dienone is 5. The molecule has 3 heterocycles. The number of hydrogen-bond acceptors (Lipinski definition) is 18. The molecule has 17 unspecified atom stereocenters. The number of carbonyl (C=O) groups excluding carboxylic acids is 1. The third-order valence-electron chi connectivity index (χ3n) is 19.2. The van der Waals surface area contributed by atoms with Crippen LogP contribution in [0.3, 0.4) is 0 Å². The number of ether oxygens (including phenoxy) is 6. The molecular weight excluding hydrogens is 1200 g/mol. The van der Waals surface area contributed by atoms with Crippen molar-refractivity contribution in [2.45, 2.75) is 407 Å². The first-order valence-electron chi connectivity index (χ1n) is 38.2. The van der Waals surface area contributed by atoms with E-state index in [4.69, 9.17) is 28.4 Å². The minimum absolute atomic E-state index is 0.247. The molecular formula is C75H139NO18. The average Bonchev–Trinajstić information content (AvgIpc) is 0.788. The van der Waals surface area contributed by atoms with E-state index in [1.165, 1.54) is 225 Å². The summed E-state index contributed by atoms with van der Waals surface area (Å²) in [5.41, 5.74) is 0. The van der Waals surface area contributed by atoms with E-state index in [2.05, 4.69) is 43.5 Å². The zero-order valence-electron chi connectivity index (χ0n) is 58.7. The molecule has 3 fully saturated rings. The van der Waals surface area contributed by atoms with E-state index < -0.39 is 124 Å². The van der Waals surface area contributed by atoms with E-state index in [0.717, 1.165) is 51.4 Å². The summed E-state index contributed by atoms with van der Waals surface area (Å²) in [6.45, 7) is 1.71. The van der Waals surface area contributed by atoms with Crippen LogP contribution >= 0.6 is 0 Å². The Balaban J connectivity index is 1.26. The average molecular weight is 1340 g/mol. The largest absolute Gasteiger partial charge is 0.394 e. The van der Waals surface area contributed by atoms with Gasteiger partial charge in [0, 0.05) is 6.42 Å². The molecule has 3 aliphatic rings. The van der Waals surface area contributed by atoms with Crippen LogP contribution in [-0.4, -0.2) is 193 Å². The highest BCUT2D eigenvalue weighted by atomic mass is 16.8. The minimum atomic E-state index is -1.98. The van der Waals surface area contributed by atoms with Gasteiger partial charge in [0.2, 0.25) is 5.91 Å². The minimum Gasteiger partial charge on any atom is -0.394 e. The molecule has 552 valence electrons. The summed E-state index contributed by atoms with van der Waals surface area (Å²) in [5.74, 6) is -0.272. The first-order valence-corrected chi connectivity index (χ1v) is 38.2. The van der Waals surface area contributed by atoms with Crippen molar-refractivity contribution in [3.63, 3.8) is 0 Å². The van der Waals surface area contributed by atoms with Gasteiger partial charge < -0.3 is 89.9 Å². The lowest BCUT2D eigenvalue weighted by atomic mass is 9.96. The van der Waals surface area contributed by atoms with Gasteiger partial charge in [-0.05, 0) is 51.4 Å². The van der Waals surface area contributed by atoms with Crippen LogP contribution in [0, 0.1) is 0 Å². The highest BCUT2D eigenvalue weighted by Crippen LogP contribution is 2.33.